The van der Waals surface area contributed by atoms with E-state index in [1.807, 2.05) is 18.2 Å². The molecule has 0 aromatic heterocycles. The van der Waals surface area contributed by atoms with E-state index in [1.54, 1.807) is 0 Å². The predicted octanol–water partition coefficient (Wildman–Crippen LogP) is 1.31. The fourth-order valence-electron chi connectivity index (χ4n) is 2.61. The van der Waals surface area contributed by atoms with Gasteiger partial charge in [-0.15, -0.1) is 0 Å². The van der Waals surface area contributed by atoms with Crippen LogP contribution in [-0.4, -0.2) is 30.3 Å². The molecule has 2 N–H and O–H groups in total. The third-order valence-corrected chi connectivity index (χ3v) is 3.63. The summed E-state index contributed by atoms with van der Waals surface area (Å²) in [4.78, 5) is 2.32. The highest BCUT2D eigenvalue weighted by atomic mass is 16.3. The Morgan fingerprint density at radius 3 is 2.94 bits per heavy atom. The van der Waals surface area contributed by atoms with Gasteiger partial charge in [-0.2, -0.15) is 5.26 Å². The SMILES string of the molecule is N#Cc1ccc2c(c1)N([C@H]1C[C@@H](O)C1)CCN2. The van der Waals surface area contributed by atoms with E-state index in [4.69, 9.17) is 5.26 Å². The topological polar surface area (TPSA) is 59.3 Å². The van der Waals surface area contributed by atoms with Gasteiger partial charge < -0.3 is 15.3 Å². The average molecular weight is 229 g/mol. The monoisotopic (exact) mass is 229 g/mol. The van der Waals surface area contributed by atoms with Crippen molar-refractivity contribution in [2.75, 3.05) is 23.3 Å². The third-order valence-electron chi connectivity index (χ3n) is 3.63. The summed E-state index contributed by atoms with van der Waals surface area (Å²) in [5.74, 6) is 0. The predicted molar refractivity (Wildman–Crippen MR) is 66.0 cm³/mol. The number of aliphatic hydroxyl groups excluding tert-OH is 1. The van der Waals surface area contributed by atoms with E-state index in [1.165, 1.54) is 0 Å². The number of fused-ring (bicyclic) bond motifs is 1. The van der Waals surface area contributed by atoms with E-state index in [9.17, 15) is 5.11 Å². The van der Waals surface area contributed by atoms with Crippen molar-refractivity contribution in [2.45, 2.75) is 25.0 Å². The summed E-state index contributed by atoms with van der Waals surface area (Å²) >= 11 is 0. The Balaban J connectivity index is 1.92. The van der Waals surface area contributed by atoms with E-state index in [2.05, 4.69) is 16.3 Å². The van der Waals surface area contributed by atoms with Gasteiger partial charge >= 0.3 is 0 Å². The molecule has 1 saturated carbocycles. The zero-order chi connectivity index (χ0) is 11.8. The highest BCUT2D eigenvalue weighted by Crippen LogP contribution is 2.36. The lowest BCUT2D eigenvalue weighted by molar-refractivity contribution is 0.0734. The van der Waals surface area contributed by atoms with Gasteiger partial charge in [-0.05, 0) is 31.0 Å². The molecule has 1 fully saturated rings. The Morgan fingerprint density at radius 2 is 2.24 bits per heavy atom. The van der Waals surface area contributed by atoms with E-state index >= 15 is 0 Å². The van der Waals surface area contributed by atoms with Crippen LogP contribution in [0.4, 0.5) is 11.4 Å². The largest absolute Gasteiger partial charge is 0.393 e. The summed E-state index contributed by atoms with van der Waals surface area (Å²) in [5.41, 5.74) is 2.89. The minimum Gasteiger partial charge on any atom is -0.393 e. The summed E-state index contributed by atoms with van der Waals surface area (Å²) in [6.07, 6.45) is 1.55. The van der Waals surface area contributed by atoms with Crippen LogP contribution in [0.15, 0.2) is 18.2 Å². The van der Waals surface area contributed by atoms with E-state index in [-0.39, 0.29) is 6.10 Å². The van der Waals surface area contributed by atoms with Gasteiger partial charge in [-0.25, -0.2) is 0 Å². The second kappa shape index (κ2) is 3.94. The quantitative estimate of drug-likeness (QED) is 0.762. The van der Waals surface area contributed by atoms with Gasteiger partial charge in [0, 0.05) is 19.1 Å². The van der Waals surface area contributed by atoms with Crippen molar-refractivity contribution in [2.24, 2.45) is 0 Å². The van der Waals surface area contributed by atoms with Crippen molar-refractivity contribution in [3.05, 3.63) is 23.8 Å². The van der Waals surface area contributed by atoms with Crippen LogP contribution < -0.4 is 10.2 Å². The molecule has 88 valence electrons. The number of benzene rings is 1. The van der Waals surface area contributed by atoms with Crippen LogP contribution >= 0.6 is 0 Å². The minimum atomic E-state index is -0.141. The van der Waals surface area contributed by atoms with Crippen LogP contribution in [-0.2, 0) is 0 Å². The lowest BCUT2D eigenvalue weighted by Gasteiger charge is -2.44. The minimum absolute atomic E-state index is 0.141. The second-order valence-electron chi connectivity index (χ2n) is 4.74. The van der Waals surface area contributed by atoms with Crippen LogP contribution in [0.3, 0.4) is 0 Å². The van der Waals surface area contributed by atoms with Crippen LogP contribution in [0.5, 0.6) is 0 Å². The van der Waals surface area contributed by atoms with Crippen LogP contribution in [0, 0.1) is 11.3 Å². The van der Waals surface area contributed by atoms with Gasteiger partial charge in [-0.1, -0.05) is 0 Å². The lowest BCUT2D eigenvalue weighted by atomic mass is 9.87. The first-order chi connectivity index (χ1) is 8.28. The molecular formula is C13H15N3O. The van der Waals surface area contributed by atoms with Crippen LogP contribution in [0.1, 0.15) is 18.4 Å². The summed E-state index contributed by atoms with van der Waals surface area (Å²) in [5, 5.41) is 21.7. The fraction of sp³-hybridized carbons (Fsp3) is 0.462. The summed E-state index contributed by atoms with van der Waals surface area (Å²) in [6, 6.07) is 8.35. The molecule has 1 aliphatic heterocycles. The molecule has 1 aromatic carbocycles. The number of nitrogens with zero attached hydrogens (tertiary/aromatic N) is 2. The third kappa shape index (κ3) is 1.73. The van der Waals surface area contributed by atoms with Crippen molar-refractivity contribution >= 4 is 11.4 Å². The molecule has 0 bridgehead atoms. The van der Waals surface area contributed by atoms with Crippen LogP contribution in [0.25, 0.3) is 0 Å². The number of hydrogen-bond donors (Lipinski definition) is 2. The fourth-order valence-corrected chi connectivity index (χ4v) is 2.61. The Bertz CT molecular complexity index is 474. The molecule has 1 heterocycles. The Hall–Kier alpha value is -1.73. The normalized spacial score (nSPS) is 26.5. The molecule has 0 unspecified atom stereocenters. The highest BCUT2D eigenvalue weighted by Gasteiger charge is 2.34. The number of hydrogen-bond acceptors (Lipinski definition) is 4. The first-order valence-corrected chi connectivity index (χ1v) is 6.00. The number of aliphatic hydroxyl groups is 1. The molecule has 0 radical (unpaired) electrons. The summed E-state index contributed by atoms with van der Waals surface area (Å²) in [6.45, 7) is 1.87. The molecule has 1 aromatic rings. The maximum atomic E-state index is 9.40. The molecule has 17 heavy (non-hydrogen) atoms. The molecule has 4 nitrogen and oxygen atoms in total. The Morgan fingerprint density at radius 1 is 1.41 bits per heavy atom. The molecule has 4 heteroatoms. The summed E-state index contributed by atoms with van der Waals surface area (Å²) < 4.78 is 0. The zero-order valence-electron chi connectivity index (χ0n) is 9.56. The molecule has 0 atom stereocenters. The smallest absolute Gasteiger partial charge is 0.0992 e. The standard InChI is InChI=1S/C13H15N3O/c14-8-9-1-2-12-13(5-9)16(4-3-15-12)10-6-11(17)7-10/h1-2,5,10-11,15,17H,3-4,6-7H2/t10-,11+. The van der Waals surface area contributed by atoms with Gasteiger partial charge in [0.1, 0.15) is 0 Å². The maximum Gasteiger partial charge on any atom is 0.0992 e. The molecule has 0 saturated heterocycles. The van der Waals surface area contributed by atoms with Crippen LogP contribution in [0.2, 0.25) is 0 Å². The Labute approximate surface area is 100 Å². The van der Waals surface area contributed by atoms with Crippen molar-refractivity contribution in [3.63, 3.8) is 0 Å². The average Bonchev–Trinajstić information content (AvgIpc) is 2.34. The van der Waals surface area contributed by atoms with E-state index < -0.39 is 0 Å². The van der Waals surface area contributed by atoms with E-state index in [0.717, 1.165) is 37.3 Å². The van der Waals surface area contributed by atoms with E-state index in [0.29, 0.717) is 11.6 Å². The van der Waals surface area contributed by atoms with Gasteiger partial charge in [0.05, 0.1) is 29.1 Å². The lowest BCUT2D eigenvalue weighted by Crippen LogP contribution is -2.50. The Kier molecular flexibility index (Phi) is 2.41. The molecule has 3 rings (SSSR count). The maximum absolute atomic E-state index is 9.40. The first kappa shape index (κ1) is 10.4. The number of nitriles is 1. The zero-order valence-corrected chi connectivity index (χ0v) is 9.56. The number of anilines is 2. The molecule has 0 spiro atoms. The number of nitrogens with one attached hydrogen (secondary N) is 1. The van der Waals surface area contributed by atoms with Crippen molar-refractivity contribution < 1.29 is 5.11 Å². The molecule has 0 amide bonds. The second-order valence-corrected chi connectivity index (χ2v) is 4.74. The molecule has 1 aliphatic carbocycles. The van der Waals surface area contributed by atoms with Gasteiger partial charge in [0.2, 0.25) is 0 Å². The first-order valence-electron chi connectivity index (χ1n) is 6.00. The van der Waals surface area contributed by atoms with Crippen molar-refractivity contribution in [3.8, 4) is 6.07 Å². The number of rotatable bonds is 1. The van der Waals surface area contributed by atoms with Gasteiger partial charge in [0.25, 0.3) is 0 Å². The van der Waals surface area contributed by atoms with Crippen molar-refractivity contribution in [1.29, 1.82) is 5.26 Å². The highest BCUT2D eigenvalue weighted by molar-refractivity contribution is 5.74. The van der Waals surface area contributed by atoms with Gasteiger partial charge in [0.15, 0.2) is 0 Å². The van der Waals surface area contributed by atoms with Crippen molar-refractivity contribution in [1.82, 2.24) is 0 Å². The summed E-state index contributed by atoms with van der Waals surface area (Å²) in [7, 11) is 0. The van der Waals surface area contributed by atoms with Gasteiger partial charge in [-0.3, -0.25) is 0 Å². The molecule has 2 aliphatic rings. The molecular weight excluding hydrogens is 214 g/mol.